The molecule has 9 aromatic rings. The van der Waals surface area contributed by atoms with E-state index in [-0.39, 0.29) is 5.41 Å². The Morgan fingerprint density at radius 1 is 0.553 bits per heavy atom. The molecular weight excluding hydrogens is 591 g/mol. The van der Waals surface area contributed by atoms with Gasteiger partial charge in [-0.3, -0.25) is 0 Å². The molecule has 0 radical (unpaired) electrons. The van der Waals surface area contributed by atoms with E-state index in [4.69, 9.17) is 9.97 Å². The third kappa shape index (κ3) is 3.79. The number of benzene rings is 6. The maximum Gasteiger partial charge on any atom is 0.160 e. The van der Waals surface area contributed by atoms with Gasteiger partial charge >= 0.3 is 0 Å². The Hall–Kier alpha value is -5.58. The van der Waals surface area contributed by atoms with Crippen molar-refractivity contribution in [1.29, 1.82) is 0 Å². The first kappa shape index (κ1) is 26.6. The van der Waals surface area contributed by atoms with Crippen LogP contribution in [-0.4, -0.2) is 14.5 Å². The lowest BCUT2D eigenvalue weighted by molar-refractivity contribution is 0.636. The maximum absolute atomic E-state index is 5.28. The lowest BCUT2D eigenvalue weighted by atomic mass is 9.85. The van der Waals surface area contributed by atoms with E-state index in [0.29, 0.717) is 0 Å². The topological polar surface area (TPSA) is 30.7 Å². The molecule has 1 aliphatic rings. The lowest BCUT2D eigenvalue weighted by Crippen LogP contribution is -2.17. The molecular formula is C43H29N3S. The highest BCUT2D eigenvalue weighted by Crippen LogP contribution is 2.51. The van der Waals surface area contributed by atoms with Gasteiger partial charge in [-0.15, -0.1) is 11.3 Å². The number of para-hydroxylation sites is 1. The van der Waals surface area contributed by atoms with Crippen LogP contribution in [0.25, 0.3) is 81.4 Å². The van der Waals surface area contributed by atoms with Crippen LogP contribution in [0.15, 0.2) is 140 Å². The van der Waals surface area contributed by atoms with Gasteiger partial charge in [0.15, 0.2) is 5.82 Å². The molecule has 0 spiro atoms. The highest BCUT2D eigenvalue weighted by atomic mass is 32.1. The number of hydrogen-bond acceptors (Lipinski definition) is 3. The molecule has 0 atom stereocenters. The third-order valence-electron chi connectivity index (χ3n) is 9.97. The number of fused-ring (bicyclic) bond motifs is 9. The largest absolute Gasteiger partial charge is 0.309 e. The summed E-state index contributed by atoms with van der Waals surface area (Å²) >= 11 is 1.87. The molecule has 4 heteroatoms. The van der Waals surface area contributed by atoms with Crippen LogP contribution < -0.4 is 0 Å². The molecule has 0 N–H and O–H groups in total. The van der Waals surface area contributed by atoms with E-state index in [1.165, 1.54) is 53.1 Å². The summed E-state index contributed by atoms with van der Waals surface area (Å²) < 4.78 is 5.07. The minimum absolute atomic E-state index is 0.229. The SMILES string of the molecule is CC1(C)c2ccccc2-c2c(-c3ccc(-n4c5ccccc5c5cc6sc7ccccc7c6cc54)cc3)nc(-c3ccccc3)nc21. The van der Waals surface area contributed by atoms with Gasteiger partial charge in [-0.1, -0.05) is 117 Å². The second-order valence-electron chi connectivity index (χ2n) is 13.0. The van der Waals surface area contributed by atoms with Gasteiger partial charge in [-0.25, -0.2) is 9.97 Å². The van der Waals surface area contributed by atoms with Crippen molar-refractivity contribution in [3.8, 4) is 39.5 Å². The van der Waals surface area contributed by atoms with E-state index < -0.39 is 0 Å². The molecule has 3 heterocycles. The van der Waals surface area contributed by atoms with Gasteiger partial charge in [-0.05, 0) is 47.5 Å². The highest BCUT2D eigenvalue weighted by Gasteiger charge is 2.39. The number of rotatable bonds is 3. The van der Waals surface area contributed by atoms with Crippen molar-refractivity contribution in [1.82, 2.24) is 14.5 Å². The molecule has 0 amide bonds. The van der Waals surface area contributed by atoms with Gasteiger partial charge in [0.2, 0.25) is 0 Å². The van der Waals surface area contributed by atoms with E-state index in [0.717, 1.165) is 39.6 Å². The zero-order valence-corrected chi connectivity index (χ0v) is 26.8. The van der Waals surface area contributed by atoms with Crippen molar-refractivity contribution in [3.63, 3.8) is 0 Å². The zero-order valence-electron chi connectivity index (χ0n) is 26.0. The van der Waals surface area contributed by atoms with Crippen molar-refractivity contribution < 1.29 is 0 Å². The van der Waals surface area contributed by atoms with Gasteiger partial charge in [-0.2, -0.15) is 0 Å². The van der Waals surface area contributed by atoms with Crippen LogP contribution in [0.1, 0.15) is 25.1 Å². The van der Waals surface area contributed by atoms with Gasteiger partial charge in [0.05, 0.1) is 22.4 Å². The fourth-order valence-corrected chi connectivity index (χ4v) is 8.83. The Kier molecular flexibility index (Phi) is 5.50. The van der Waals surface area contributed by atoms with Crippen molar-refractivity contribution in [3.05, 3.63) is 151 Å². The number of aromatic nitrogens is 3. The van der Waals surface area contributed by atoms with Gasteiger partial charge in [0.25, 0.3) is 0 Å². The van der Waals surface area contributed by atoms with Crippen LogP contribution in [0.2, 0.25) is 0 Å². The monoisotopic (exact) mass is 619 g/mol. The van der Waals surface area contributed by atoms with Gasteiger partial charge < -0.3 is 4.57 Å². The predicted octanol–water partition coefficient (Wildman–Crippen LogP) is 11.6. The Morgan fingerprint density at radius 3 is 2.13 bits per heavy atom. The minimum Gasteiger partial charge on any atom is -0.309 e. The van der Waals surface area contributed by atoms with Crippen molar-refractivity contribution in [2.75, 3.05) is 0 Å². The number of thiophene rings is 1. The zero-order chi connectivity index (χ0) is 31.3. The molecule has 222 valence electrons. The highest BCUT2D eigenvalue weighted by molar-refractivity contribution is 7.25. The lowest BCUT2D eigenvalue weighted by Gasteiger charge is -2.21. The minimum atomic E-state index is -0.229. The number of hydrogen-bond donors (Lipinski definition) is 0. The summed E-state index contributed by atoms with van der Waals surface area (Å²) in [6, 6.07) is 50.3. The van der Waals surface area contributed by atoms with Crippen LogP contribution in [0, 0.1) is 0 Å². The molecule has 0 fully saturated rings. The molecule has 0 unspecified atom stereocenters. The summed E-state index contributed by atoms with van der Waals surface area (Å²) in [5.74, 6) is 0.763. The van der Waals surface area contributed by atoms with Crippen molar-refractivity contribution in [2.24, 2.45) is 0 Å². The summed E-state index contributed by atoms with van der Waals surface area (Å²) in [6.07, 6.45) is 0. The van der Waals surface area contributed by atoms with E-state index in [2.05, 4.69) is 152 Å². The van der Waals surface area contributed by atoms with E-state index in [1.807, 2.05) is 17.4 Å². The average Bonchev–Trinajstić information content (AvgIpc) is 3.72. The maximum atomic E-state index is 5.28. The number of nitrogens with zero attached hydrogens (tertiary/aromatic N) is 3. The standard InChI is InChI=1S/C43H29N3S/c1-43(2)34-17-9-6-16-31(34)39-40(44-42(45-41(39)43)27-12-4-3-5-13-27)26-20-22-28(23-21-26)46-35-18-10-7-14-29(35)32-25-38-33(24-36(32)46)30-15-8-11-19-37(30)47-38/h3-25H,1-2H3. The van der Waals surface area contributed by atoms with E-state index in [9.17, 15) is 0 Å². The second-order valence-corrected chi connectivity index (χ2v) is 14.1. The first-order valence-corrected chi connectivity index (χ1v) is 16.9. The molecule has 47 heavy (non-hydrogen) atoms. The Morgan fingerprint density at radius 2 is 1.28 bits per heavy atom. The van der Waals surface area contributed by atoms with E-state index in [1.54, 1.807) is 0 Å². The molecule has 6 aromatic carbocycles. The smallest absolute Gasteiger partial charge is 0.160 e. The van der Waals surface area contributed by atoms with Crippen molar-refractivity contribution in [2.45, 2.75) is 19.3 Å². The molecule has 3 aromatic heterocycles. The molecule has 0 aliphatic heterocycles. The normalized spacial score (nSPS) is 13.5. The Balaban J connectivity index is 1.19. The first-order chi connectivity index (χ1) is 23.1. The van der Waals surface area contributed by atoms with E-state index >= 15 is 0 Å². The van der Waals surface area contributed by atoms with Crippen LogP contribution in [-0.2, 0) is 5.41 Å². The molecule has 0 saturated heterocycles. The van der Waals surface area contributed by atoms with Crippen LogP contribution in [0.5, 0.6) is 0 Å². The molecule has 1 aliphatic carbocycles. The molecule has 0 bridgehead atoms. The Labute approximate surface area is 276 Å². The van der Waals surface area contributed by atoms with Gasteiger partial charge in [0.1, 0.15) is 0 Å². The van der Waals surface area contributed by atoms with Crippen LogP contribution in [0.4, 0.5) is 0 Å². The quantitative estimate of drug-likeness (QED) is 0.197. The average molecular weight is 620 g/mol. The summed E-state index contributed by atoms with van der Waals surface area (Å²) in [7, 11) is 0. The predicted molar refractivity (Wildman–Crippen MR) is 198 cm³/mol. The summed E-state index contributed by atoms with van der Waals surface area (Å²) in [5.41, 5.74) is 11.2. The summed E-state index contributed by atoms with van der Waals surface area (Å²) in [5, 5.41) is 5.18. The molecule has 10 rings (SSSR count). The summed E-state index contributed by atoms with van der Waals surface area (Å²) in [6.45, 7) is 4.56. The fraction of sp³-hybridized carbons (Fsp3) is 0.0698. The van der Waals surface area contributed by atoms with Crippen molar-refractivity contribution >= 4 is 53.3 Å². The second kappa shape index (κ2) is 9.71. The third-order valence-corrected chi connectivity index (χ3v) is 11.1. The van der Waals surface area contributed by atoms with Crippen LogP contribution in [0.3, 0.4) is 0 Å². The molecule has 3 nitrogen and oxygen atoms in total. The van der Waals surface area contributed by atoms with Gasteiger partial charge in [0, 0.05) is 58.7 Å². The molecule has 0 saturated carbocycles. The Bertz CT molecular complexity index is 2700. The summed E-state index contributed by atoms with van der Waals surface area (Å²) in [4.78, 5) is 10.5. The first-order valence-electron chi connectivity index (χ1n) is 16.1. The fourth-order valence-electron chi connectivity index (χ4n) is 7.70. The van der Waals surface area contributed by atoms with Crippen LogP contribution >= 0.6 is 11.3 Å².